The molecule has 0 aliphatic carbocycles. The molecule has 34 heavy (non-hydrogen) atoms. The second-order valence-corrected chi connectivity index (χ2v) is 7.64. The van der Waals surface area contributed by atoms with Crippen molar-refractivity contribution in [2.45, 2.75) is 18.4 Å². The van der Waals surface area contributed by atoms with Crippen molar-refractivity contribution in [3.63, 3.8) is 0 Å². The van der Waals surface area contributed by atoms with E-state index in [1.165, 1.54) is 18.2 Å². The van der Waals surface area contributed by atoms with E-state index < -0.39 is 29.9 Å². The summed E-state index contributed by atoms with van der Waals surface area (Å²) in [7, 11) is 0. The lowest BCUT2D eigenvalue weighted by atomic mass is 9.89. The van der Waals surface area contributed by atoms with E-state index in [-0.39, 0.29) is 22.9 Å². The lowest BCUT2D eigenvalue weighted by Gasteiger charge is -2.29. The number of ether oxygens (including phenoxy) is 1. The molecule has 1 aromatic heterocycles. The highest BCUT2D eigenvalue weighted by Gasteiger charge is 2.45. The maximum Gasteiger partial charge on any atom is 0.298 e. The molecule has 0 aliphatic heterocycles. The number of nitrogens with two attached hydrogens (primary N) is 2. The maximum atomic E-state index is 15.5. The van der Waals surface area contributed by atoms with Crippen LogP contribution in [-0.4, -0.2) is 23.0 Å². The van der Waals surface area contributed by atoms with Gasteiger partial charge in [0.1, 0.15) is 30.2 Å². The molecule has 0 aliphatic rings. The summed E-state index contributed by atoms with van der Waals surface area (Å²) < 4.78 is 51.2. The van der Waals surface area contributed by atoms with Gasteiger partial charge in [-0.25, -0.2) is 15.4 Å². The molecule has 1 heterocycles. The van der Waals surface area contributed by atoms with Crippen molar-refractivity contribution < 1.29 is 17.9 Å². The number of hydrogen-bond acceptors (Lipinski definition) is 6. The molecule has 11 heteroatoms. The van der Waals surface area contributed by atoms with Crippen molar-refractivity contribution in [1.29, 1.82) is 5.26 Å². The molecule has 0 amide bonds. The molecular formula is C23H20ClF3N6O. The van der Waals surface area contributed by atoms with Crippen molar-refractivity contribution in [2.75, 3.05) is 6.54 Å². The first-order chi connectivity index (χ1) is 16.2. The fourth-order valence-corrected chi connectivity index (χ4v) is 3.35. The number of hydrazone groups is 1. The first kappa shape index (κ1) is 24.8. The van der Waals surface area contributed by atoms with Crippen LogP contribution in [0, 0.1) is 17.1 Å². The third-order valence-corrected chi connectivity index (χ3v) is 5.16. The molecule has 0 radical (unpaired) electrons. The molecule has 2 aromatic carbocycles. The smallest absolute Gasteiger partial charge is 0.298 e. The second-order valence-electron chi connectivity index (χ2n) is 7.20. The van der Waals surface area contributed by atoms with E-state index in [1.54, 1.807) is 24.3 Å². The van der Waals surface area contributed by atoms with Crippen molar-refractivity contribution >= 4 is 17.9 Å². The quantitative estimate of drug-likeness (QED) is 0.201. The number of alkyl halides is 2. The zero-order valence-corrected chi connectivity index (χ0v) is 18.5. The normalized spacial score (nSPS) is 12.4. The third-order valence-electron chi connectivity index (χ3n) is 4.93. The average molecular weight is 489 g/mol. The van der Waals surface area contributed by atoms with Crippen LogP contribution >= 0.6 is 11.6 Å². The van der Waals surface area contributed by atoms with Crippen molar-refractivity contribution in [3.8, 4) is 11.8 Å². The highest BCUT2D eigenvalue weighted by molar-refractivity contribution is 6.30. The number of halogens is 4. The van der Waals surface area contributed by atoms with E-state index in [0.29, 0.717) is 10.7 Å². The van der Waals surface area contributed by atoms with Gasteiger partial charge in [-0.05, 0) is 47.5 Å². The SMILES string of the molecule is N#Cc1ccc(COc2ccc(C(F)(F)C(CN(N)/N=C\N)c3ccc(Cl)cc3F)nc2)cc1. The van der Waals surface area contributed by atoms with E-state index >= 15 is 8.78 Å². The number of benzene rings is 2. The molecule has 4 N–H and O–H groups in total. The Hall–Kier alpha value is -3.81. The average Bonchev–Trinajstić information content (AvgIpc) is 2.82. The predicted molar refractivity (Wildman–Crippen MR) is 121 cm³/mol. The van der Waals surface area contributed by atoms with Gasteiger partial charge in [-0.3, -0.25) is 4.98 Å². The molecule has 0 bridgehead atoms. The summed E-state index contributed by atoms with van der Waals surface area (Å²) in [6.45, 7) is -0.404. The number of hydrazine groups is 1. The lowest BCUT2D eigenvalue weighted by Crippen LogP contribution is -2.38. The van der Waals surface area contributed by atoms with Gasteiger partial charge in [0.25, 0.3) is 5.92 Å². The molecular weight excluding hydrogens is 469 g/mol. The van der Waals surface area contributed by atoms with Gasteiger partial charge in [0.15, 0.2) is 0 Å². The zero-order chi connectivity index (χ0) is 24.7. The van der Waals surface area contributed by atoms with Crippen molar-refractivity contribution in [3.05, 3.63) is 94.0 Å². The van der Waals surface area contributed by atoms with Crippen LogP contribution in [0.1, 0.15) is 28.3 Å². The molecule has 7 nitrogen and oxygen atoms in total. The molecule has 0 spiro atoms. The zero-order valence-electron chi connectivity index (χ0n) is 17.7. The van der Waals surface area contributed by atoms with Crippen LogP contribution in [0.3, 0.4) is 0 Å². The Morgan fingerprint density at radius 2 is 1.94 bits per heavy atom. The van der Waals surface area contributed by atoms with Gasteiger partial charge in [-0.2, -0.15) is 19.1 Å². The molecule has 3 aromatic rings. The minimum Gasteiger partial charge on any atom is -0.487 e. The van der Waals surface area contributed by atoms with Gasteiger partial charge >= 0.3 is 0 Å². The Morgan fingerprint density at radius 1 is 1.21 bits per heavy atom. The predicted octanol–water partition coefficient (Wildman–Crippen LogP) is 4.28. The Kier molecular flexibility index (Phi) is 7.94. The molecule has 1 unspecified atom stereocenters. The molecule has 0 saturated carbocycles. The standard InChI is InChI=1S/C23H20ClF3N6O/c24-17-5-7-19(21(25)9-17)20(12-33(30)32-14-29)23(26,27)22-8-6-18(11-31-22)34-13-16-3-1-15(10-28)2-4-16/h1-9,11,14,20H,12-13,30H2,(H2,29,32). The highest BCUT2D eigenvalue weighted by Crippen LogP contribution is 2.43. The molecule has 0 saturated heterocycles. The first-order valence-corrected chi connectivity index (χ1v) is 10.3. The maximum absolute atomic E-state index is 15.5. The van der Waals surface area contributed by atoms with Gasteiger partial charge in [0.2, 0.25) is 0 Å². The van der Waals surface area contributed by atoms with Crippen LogP contribution in [0.15, 0.2) is 65.9 Å². The number of hydrogen-bond donors (Lipinski definition) is 2. The van der Waals surface area contributed by atoms with E-state index in [2.05, 4.69) is 10.1 Å². The van der Waals surface area contributed by atoms with Gasteiger partial charge in [-0.15, -0.1) is 0 Å². The molecule has 0 fully saturated rings. The van der Waals surface area contributed by atoms with Gasteiger partial charge in [-0.1, -0.05) is 29.8 Å². The van der Waals surface area contributed by atoms with Crippen LogP contribution < -0.4 is 16.3 Å². The summed E-state index contributed by atoms with van der Waals surface area (Å²) in [5.41, 5.74) is 5.57. The summed E-state index contributed by atoms with van der Waals surface area (Å²) in [5.74, 6) is -0.417. The summed E-state index contributed by atoms with van der Waals surface area (Å²) >= 11 is 5.77. The minimum absolute atomic E-state index is 0.0646. The highest BCUT2D eigenvalue weighted by atomic mass is 35.5. The van der Waals surface area contributed by atoms with Crippen LogP contribution in [0.4, 0.5) is 13.2 Å². The van der Waals surface area contributed by atoms with Crippen molar-refractivity contribution in [2.24, 2.45) is 16.7 Å². The number of aromatic nitrogens is 1. The Labute approximate surface area is 199 Å². The monoisotopic (exact) mass is 488 g/mol. The fourth-order valence-electron chi connectivity index (χ4n) is 3.20. The largest absolute Gasteiger partial charge is 0.487 e. The fraction of sp³-hybridized carbons (Fsp3) is 0.174. The third kappa shape index (κ3) is 5.95. The summed E-state index contributed by atoms with van der Waals surface area (Å²) in [4.78, 5) is 3.85. The second kappa shape index (κ2) is 10.9. The van der Waals surface area contributed by atoms with E-state index in [9.17, 15) is 4.39 Å². The molecule has 1 atom stereocenters. The number of nitriles is 1. The van der Waals surface area contributed by atoms with Gasteiger partial charge < -0.3 is 10.5 Å². The number of nitrogens with zero attached hydrogens (tertiary/aromatic N) is 4. The molecule has 176 valence electrons. The van der Waals surface area contributed by atoms with Crippen LogP contribution in [0.2, 0.25) is 5.02 Å². The van der Waals surface area contributed by atoms with E-state index in [0.717, 1.165) is 30.2 Å². The Bertz CT molecular complexity index is 1180. The van der Waals surface area contributed by atoms with Crippen LogP contribution in [0.25, 0.3) is 0 Å². The Morgan fingerprint density at radius 3 is 2.53 bits per heavy atom. The summed E-state index contributed by atoms with van der Waals surface area (Å²) in [6.07, 6.45) is 1.99. The van der Waals surface area contributed by atoms with E-state index in [1.807, 2.05) is 6.07 Å². The number of pyridine rings is 1. The first-order valence-electron chi connectivity index (χ1n) is 9.92. The van der Waals surface area contributed by atoms with Crippen LogP contribution in [0.5, 0.6) is 5.75 Å². The lowest BCUT2D eigenvalue weighted by molar-refractivity contribution is -0.0489. The van der Waals surface area contributed by atoms with Crippen molar-refractivity contribution in [1.82, 2.24) is 10.1 Å². The minimum atomic E-state index is -3.64. The molecule has 3 rings (SSSR count). The van der Waals surface area contributed by atoms with Gasteiger partial charge in [0.05, 0.1) is 30.3 Å². The summed E-state index contributed by atoms with van der Waals surface area (Å²) in [5, 5.41) is 13.1. The van der Waals surface area contributed by atoms with Crippen LogP contribution in [-0.2, 0) is 12.5 Å². The number of rotatable bonds is 9. The Balaban J connectivity index is 1.82. The van der Waals surface area contributed by atoms with E-state index in [4.69, 9.17) is 33.2 Å². The topological polar surface area (TPSA) is 114 Å². The summed E-state index contributed by atoms with van der Waals surface area (Å²) in [6, 6.07) is 14.6. The van der Waals surface area contributed by atoms with Gasteiger partial charge in [0, 0.05) is 5.02 Å².